The van der Waals surface area contributed by atoms with E-state index in [2.05, 4.69) is 25.1 Å². The molecule has 0 bridgehead atoms. The van der Waals surface area contributed by atoms with Crippen molar-refractivity contribution in [2.75, 3.05) is 41.3 Å². The van der Waals surface area contributed by atoms with E-state index in [1.807, 2.05) is 71.6 Å². The summed E-state index contributed by atoms with van der Waals surface area (Å²) < 4.78 is 5.68. The lowest BCUT2D eigenvalue weighted by Crippen LogP contribution is -2.58. The van der Waals surface area contributed by atoms with Crippen molar-refractivity contribution in [2.24, 2.45) is 0 Å². The minimum atomic E-state index is -0.874. The first-order valence-electron chi connectivity index (χ1n) is 15.5. The molecule has 2 atom stereocenters. The molecule has 0 spiro atoms. The predicted molar refractivity (Wildman–Crippen MR) is 175 cm³/mol. The van der Waals surface area contributed by atoms with Gasteiger partial charge in [-0.05, 0) is 69.6 Å². The number of likely N-dealkylation sites (N-methyl/N-ethyl adjacent to an activating group) is 2. The Morgan fingerprint density at radius 1 is 0.773 bits per heavy atom. The quantitative estimate of drug-likeness (QED) is 0.336. The maximum absolute atomic E-state index is 14.5. The van der Waals surface area contributed by atoms with Gasteiger partial charge in [0.15, 0.2) is 0 Å². The molecular formula is C36H48N4O4. The first-order valence-corrected chi connectivity index (χ1v) is 15.5. The highest BCUT2D eigenvalue weighted by atomic mass is 16.6. The number of amides is 3. The molecule has 3 aromatic rings. The first-order chi connectivity index (χ1) is 20.8. The largest absolute Gasteiger partial charge is 0.444 e. The van der Waals surface area contributed by atoms with Crippen molar-refractivity contribution in [2.45, 2.75) is 70.2 Å². The van der Waals surface area contributed by atoms with Gasteiger partial charge < -0.3 is 19.4 Å². The molecule has 236 valence electrons. The van der Waals surface area contributed by atoms with Gasteiger partial charge in [0.1, 0.15) is 17.7 Å². The van der Waals surface area contributed by atoms with E-state index in [0.717, 1.165) is 34.7 Å². The van der Waals surface area contributed by atoms with E-state index in [9.17, 15) is 14.4 Å². The summed E-state index contributed by atoms with van der Waals surface area (Å²) in [6.07, 6.45) is 1.86. The Morgan fingerprint density at radius 2 is 1.36 bits per heavy atom. The van der Waals surface area contributed by atoms with Crippen LogP contribution in [0, 0.1) is 0 Å². The Balaban J connectivity index is 1.65. The molecule has 0 N–H and O–H groups in total. The topological polar surface area (TPSA) is 73.4 Å². The van der Waals surface area contributed by atoms with Crippen molar-refractivity contribution in [3.8, 4) is 0 Å². The number of benzene rings is 3. The van der Waals surface area contributed by atoms with E-state index in [4.69, 9.17) is 4.74 Å². The normalized spacial score (nSPS) is 15.6. The van der Waals surface area contributed by atoms with Gasteiger partial charge in [-0.25, -0.2) is 4.79 Å². The van der Waals surface area contributed by atoms with Gasteiger partial charge in [0.25, 0.3) is 0 Å². The second-order valence-corrected chi connectivity index (χ2v) is 13.2. The molecule has 0 radical (unpaired) electrons. The van der Waals surface area contributed by atoms with Gasteiger partial charge in [0.2, 0.25) is 11.8 Å². The molecule has 1 heterocycles. The maximum Gasteiger partial charge on any atom is 0.410 e. The molecule has 0 aliphatic carbocycles. The summed E-state index contributed by atoms with van der Waals surface area (Å²) >= 11 is 0. The zero-order valence-corrected chi connectivity index (χ0v) is 27.3. The lowest BCUT2D eigenvalue weighted by molar-refractivity contribution is -0.147. The number of carbonyl (C=O) groups is 3. The lowest BCUT2D eigenvalue weighted by atomic mass is 9.97. The molecule has 0 aromatic heterocycles. The summed E-state index contributed by atoms with van der Waals surface area (Å²) in [5.41, 5.74) is 1.17. The van der Waals surface area contributed by atoms with E-state index >= 15 is 0 Å². The van der Waals surface area contributed by atoms with Crippen LogP contribution < -0.4 is 0 Å². The molecule has 1 fully saturated rings. The maximum atomic E-state index is 14.5. The smallest absolute Gasteiger partial charge is 0.410 e. The second-order valence-electron chi connectivity index (χ2n) is 13.2. The molecule has 0 saturated carbocycles. The molecule has 4 rings (SSSR count). The zero-order chi connectivity index (χ0) is 32.0. The van der Waals surface area contributed by atoms with Crippen LogP contribution in [-0.4, -0.2) is 103 Å². The fraction of sp³-hybridized carbons (Fsp3) is 0.472. The van der Waals surface area contributed by atoms with E-state index in [1.54, 1.807) is 39.8 Å². The molecule has 3 aromatic carbocycles. The standard InChI is InChI=1S/C36H48N4O4/c1-36(2,3)44-35(43)39(7)31(25-27-17-18-28-15-11-12-16-29(28)23-27)33(41)38(6)32(24-26-13-9-8-10-14-26)34(42)40-21-19-30(20-22-40)37(4)5/h8-18,23,30-32H,19-22,24-25H2,1-7H3/t31-,32-/m1/s1. The molecular weight excluding hydrogens is 552 g/mol. The van der Waals surface area contributed by atoms with Crippen LogP contribution in [0.5, 0.6) is 0 Å². The van der Waals surface area contributed by atoms with Crippen LogP contribution in [-0.2, 0) is 27.2 Å². The number of carbonyl (C=O) groups excluding carboxylic acids is 3. The number of nitrogens with zero attached hydrogens (tertiary/aromatic N) is 4. The molecule has 8 nitrogen and oxygen atoms in total. The highest BCUT2D eigenvalue weighted by Crippen LogP contribution is 2.23. The number of ether oxygens (including phenoxy) is 1. The summed E-state index contributed by atoms with van der Waals surface area (Å²) in [7, 11) is 7.44. The number of hydrogen-bond donors (Lipinski definition) is 0. The van der Waals surface area contributed by atoms with Crippen LogP contribution >= 0.6 is 0 Å². The number of likely N-dealkylation sites (tertiary alicyclic amines) is 1. The number of fused-ring (bicyclic) bond motifs is 1. The third-order valence-corrected chi connectivity index (χ3v) is 8.56. The van der Waals surface area contributed by atoms with Crippen LogP contribution in [0.15, 0.2) is 72.8 Å². The Hall–Kier alpha value is -3.91. The van der Waals surface area contributed by atoms with Crippen molar-refractivity contribution >= 4 is 28.7 Å². The number of hydrogen-bond acceptors (Lipinski definition) is 5. The van der Waals surface area contributed by atoms with Gasteiger partial charge in [0.05, 0.1) is 0 Å². The molecule has 3 amide bonds. The Bertz CT molecular complexity index is 1430. The SMILES string of the molecule is CN(C)C1CCN(C(=O)[C@@H](Cc2ccccc2)N(C)C(=O)[C@@H](Cc2ccc3ccccc3c2)N(C)C(=O)OC(C)(C)C)CC1. The number of rotatable bonds is 9. The van der Waals surface area contributed by atoms with Gasteiger partial charge >= 0.3 is 6.09 Å². The van der Waals surface area contributed by atoms with E-state index in [-0.39, 0.29) is 18.2 Å². The summed E-state index contributed by atoms with van der Waals surface area (Å²) in [5, 5.41) is 2.16. The predicted octanol–water partition coefficient (Wildman–Crippen LogP) is 5.24. The average molecular weight is 601 g/mol. The van der Waals surface area contributed by atoms with Crippen LogP contribution in [0.2, 0.25) is 0 Å². The summed E-state index contributed by atoms with van der Waals surface area (Å²) in [6, 6.07) is 22.8. The minimum absolute atomic E-state index is 0.0636. The first kappa shape index (κ1) is 33.0. The van der Waals surface area contributed by atoms with E-state index in [1.165, 1.54) is 4.90 Å². The highest BCUT2D eigenvalue weighted by Gasteiger charge is 2.38. The Labute approximate surface area is 262 Å². The molecule has 44 heavy (non-hydrogen) atoms. The van der Waals surface area contributed by atoms with Gasteiger partial charge in [-0.2, -0.15) is 0 Å². The molecule has 0 unspecified atom stereocenters. The minimum Gasteiger partial charge on any atom is -0.444 e. The fourth-order valence-electron chi connectivity index (χ4n) is 5.87. The molecule has 1 saturated heterocycles. The van der Waals surface area contributed by atoms with Crippen LogP contribution in [0.3, 0.4) is 0 Å². The Morgan fingerprint density at radius 3 is 1.98 bits per heavy atom. The monoisotopic (exact) mass is 600 g/mol. The summed E-state index contributed by atoms with van der Waals surface area (Å²) in [4.78, 5) is 49.0. The van der Waals surface area contributed by atoms with E-state index < -0.39 is 23.8 Å². The summed E-state index contributed by atoms with van der Waals surface area (Å²) in [6.45, 7) is 6.71. The lowest BCUT2D eigenvalue weighted by Gasteiger charge is -2.40. The third-order valence-electron chi connectivity index (χ3n) is 8.56. The van der Waals surface area contributed by atoms with E-state index in [0.29, 0.717) is 25.6 Å². The summed E-state index contributed by atoms with van der Waals surface area (Å²) in [5.74, 6) is -0.365. The van der Waals surface area contributed by atoms with Crippen LogP contribution in [0.1, 0.15) is 44.7 Å². The highest BCUT2D eigenvalue weighted by molar-refractivity contribution is 5.92. The van der Waals surface area contributed by atoms with Crippen molar-refractivity contribution in [3.63, 3.8) is 0 Å². The van der Waals surface area contributed by atoms with Crippen molar-refractivity contribution in [3.05, 3.63) is 83.9 Å². The average Bonchev–Trinajstić information content (AvgIpc) is 3.00. The van der Waals surface area contributed by atoms with Crippen molar-refractivity contribution in [1.82, 2.24) is 19.6 Å². The van der Waals surface area contributed by atoms with Crippen LogP contribution in [0.4, 0.5) is 4.79 Å². The Kier molecular flexibility index (Phi) is 10.7. The molecule has 8 heteroatoms. The van der Waals surface area contributed by atoms with Crippen molar-refractivity contribution in [1.29, 1.82) is 0 Å². The number of piperidine rings is 1. The van der Waals surface area contributed by atoms with Gasteiger partial charge in [-0.15, -0.1) is 0 Å². The molecule has 1 aliphatic rings. The molecule has 1 aliphatic heterocycles. The van der Waals surface area contributed by atoms with Crippen molar-refractivity contribution < 1.29 is 19.1 Å². The second kappa shape index (κ2) is 14.2. The fourth-order valence-corrected chi connectivity index (χ4v) is 5.87. The van der Waals surface area contributed by atoms with Gasteiger partial charge in [-0.1, -0.05) is 72.8 Å². The van der Waals surface area contributed by atoms with Crippen LogP contribution in [0.25, 0.3) is 10.8 Å². The van der Waals surface area contributed by atoms with Gasteiger partial charge in [0, 0.05) is 46.1 Å². The zero-order valence-electron chi connectivity index (χ0n) is 27.3. The third kappa shape index (κ3) is 8.38. The van der Waals surface area contributed by atoms with Gasteiger partial charge in [-0.3, -0.25) is 14.5 Å².